The summed E-state index contributed by atoms with van der Waals surface area (Å²) in [4.78, 5) is 26.0. The summed E-state index contributed by atoms with van der Waals surface area (Å²) in [6.07, 6.45) is 5.93. The summed E-state index contributed by atoms with van der Waals surface area (Å²) in [5.41, 5.74) is -0.445. The third kappa shape index (κ3) is 5.11. The third-order valence-electron chi connectivity index (χ3n) is 4.90. The Bertz CT molecular complexity index is 422. The van der Waals surface area contributed by atoms with E-state index in [2.05, 4.69) is 12.2 Å². The van der Waals surface area contributed by atoms with Crippen LogP contribution >= 0.6 is 0 Å². The minimum atomic E-state index is -0.445. The van der Waals surface area contributed by atoms with E-state index in [0.29, 0.717) is 12.0 Å². The molecule has 0 bridgehead atoms. The van der Waals surface area contributed by atoms with Crippen LogP contribution in [-0.4, -0.2) is 41.6 Å². The van der Waals surface area contributed by atoms with Gasteiger partial charge in [-0.25, -0.2) is 4.79 Å². The van der Waals surface area contributed by atoms with E-state index in [-0.39, 0.29) is 17.9 Å². The molecule has 2 heterocycles. The van der Waals surface area contributed by atoms with Crippen LogP contribution in [0.1, 0.15) is 66.2 Å². The smallest absolute Gasteiger partial charge is 0.410 e. The normalized spacial score (nSPS) is 26.3. The second kappa shape index (κ2) is 7.54. The zero-order chi connectivity index (χ0) is 17.0. The molecule has 0 aromatic heterocycles. The van der Waals surface area contributed by atoms with Gasteiger partial charge in [0, 0.05) is 25.0 Å². The van der Waals surface area contributed by atoms with Crippen LogP contribution in [0.5, 0.6) is 0 Å². The van der Waals surface area contributed by atoms with Gasteiger partial charge in [0.15, 0.2) is 0 Å². The lowest BCUT2D eigenvalue weighted by molar-refractivity contribution is -0.122. The topological polar surface area (TPSA) is 58.6 Å². The van der Waals surface area contributed by atoms with Gasteiger partial charge >= 0.3 is 6.09 Å². The Morgan fingerprint density at radius 3 is 2.52 bits per heavy atom. The summed E-state index contributed by atoms with van der Waals surface area (Å²) >= 11 is 0. The standard InChI is InChI=1S/C18H32N2O3/c1-5-6-7-14-12-15(19-16(14)21)13-8-10-20(11-9-13)17(22)23-18(2,3)4/h13-15H,5-12H2,1-4H3,(H,19,21)/t14?,15-/m1/s1. The fraction of sp³-hybridized carbons (Fsp3) is 0.889. The Morgan fingerprint density at radius 1 is 1.30 bits per heavy atom. The Kier molecular flexibility index (Phi) is 5.93. The van der Waals surface area contributed by atoms with Gasteiger partial charge in [-0.2, -0.15) is 0 Å². The molecule has 2 rings (SSSR count). The van der Waals surface area contributed by atoms with E-state index in [9.17, 15) is 9.59 Å². The molecule has 1 N–H and O–H groups in total. The third-order valence-corrected chi connectivity index (χ3v) is 4.90. The molecule has 0 aromatic carbocycles. The molecule has 23 heavy (non-hydrogen) atoms. The molecular weight excluding hydrogens is 292 g/mol. The van der Waals surface area contributed by atoms with Crippen molar-refractivity contribution in [3.05, 3.63) is 0 Å². The summed E-state index contributed by atoms with van der Waals surface area (Å²) in [6.45, 7) is 9.29. The van der Waals surface area contributed by atoms with Crippen molar-refractivity contribution in [2.45, 2.75) is 77.9 Å². The van der Waals surface area contributed by atoms with Crippen molar-refractivity contribution in [1.29, 1.82) is 0 Å². The highest BCUT2D eigenvalue weighted by Crippen LogP contribution is 2.31. The van der Waals surface area contributed by atoms with E-state index < -0.39 is 5.60 Å². The number of carbonyl (C=O) groups is 2. The van der Waals surface area contributed by atoms with Crippen LogP contribution in [0.2, 0.25) is 0 Å². The van der Waals surface area contributed by atoms with Gasteiger partial charge in [0.25, 0.3) is 0 Å². The van der Waals surface area contributed by atoms with Crippen LogP contribution in [0, 0.1) is 11.8 Å². The number of ether oxygens (including phenoxy) is 1. The first kappa shape index (κ1) is 18.1. The highest BCUT2D eigenvalue weighted by molar-refractivity contribution is 5.81. The lowest BCUT2D eigenvalue weighted by atomic mass is 9.86. The molecule has 2 amide bonds. The number of nitrogens with zero attached hydrogens (tertiary/aromatic N) is 1. The summed E-state index contributed by atoms with van der Waals surface area (Å²) in [7, 11) is 0. The van der Waals surface area contributed by atoms with Crippen LogP contribution in [-0.2, 0) is 9.53 Å². The molecule has 2 saturated heterocycles. The molecule has 0 aliphatic carbocycles. The molecule has 5 heteroatoms. The molecule has 1 unspecified atom stereocenters. The van der Waals surface area contributed by atoms with Crippen molar-refractivity contribution in [2.75, 3.05) is 13.1 Å². The van der Waals surface area contributed by atoms with Crippen molar-refractivity contribution in [3.8, 4) is 0 Å². The fourth-order valence-corrected chi connectivity index (χ4v) is 3.59. The van der Waals surface area contributed by atoms with Crippen LogP contribution in [0.25, 0.3) is 0 Å². The fourth-order valence-electron chi connectivity index (χ4n) is 3.59. The Balaban J connectivity index is 1.79. The molecule has 0 aromatic rings. The second-order valence-corrected chi connectivity index (χ2v) is 7.99. The first-order valence-corrected chi connectivity index (χ1v) is 9.08. The van der Waals surface area contributed by atoms with Gasteiger partial charge < -0.3 is 15.0 Å². The highest BCUT2D eigenvalue weighted by Gasteiger charge is 2.38. The van der Waals surface area contributed by atoms with Gasteiger partial charge in [0.2, 0.25) is 5.91 Å². The molecule has 0 radical (unpaired) electrons. The average Bonchev–Trinajstić information content (AvgIpc) is 2.84. The Hall–Kier alpha value is -1.26. The molecule has 132 valence electrons. The van der Waals surface area contributed by atoms with Crippen molar-refractivity contribution in [3.63, 3.8) is 0 Å². The predicted molar refractivity (Wildman–Crippen MR) is 90.1 cm³/mol. The van der Waals surface area contributed by atoms with Crippen molar-refractivity contribution in [1.82, 2.24) is 10.2 Å². The summed E-state index contributed by atoms with van der Waals surface area (Å²) < 4.78 is 5.43. The molecule has 2 fully saturated rings. The monoisotopic (exact) mass is 324 g/mol. The number of hydrogen-bond donors (Lipinski definition) is 1. The maximum atomic E-state index is 12.1. The lowest BCUT2D eigenvalue weighted by Crippen LogP contribution is -2.45. The quantitative estimate of drug-likeness (QED) is 0.863. The van der Waals surface area contributed by atoms with Gasteiger partial charge in [-0.1, -0.05) is 19.8 Å². The zero-order valence-corrected chi connectivity index (χ0v) is 15.1. The van der Waals surface area contributed by atoms with Crippen molar-refractivity contribution < 1.29 is 14.3 Å². The van der Waals surface area contributed by atoms with Crippen LogP contribution in [0.4, 0.5) is 4.79 Å². The molecular formula is C18H32N2O3. The van der Waals surface area contributed by atoms with Gasteiger partial charge in [-0.05, 0) is 52.4 Å². The first-order chi connectivity index (χ1) is 10.8. The van der Waals surface area contributed by atoms with Gasteiger partial charge in [0.05, 0.1) is 0 Å². The van der Waals surface area contributed by atoms with Crippen LogP contribution in [0.3, 0.4) is 0 Å². The second-order valence-electron chi connectivity index (χ2n) is 7.99. The van der Waals surface area contributed by atoms with E-state index in [4.69, 9.17) is 4.74 Å². The molecule has 2 aliphatic rings. The SMILES string of the molecule is CCCCC1C[C@H](C2CCN(C(=O)OC(C)(C)C)CC2)NC1=O. The number of likely N-dealkylation sites (tertiary alicyclic amines) is 1. The van der Waals surface area contributed by atoms with E-state index >= 15 is 0 Å². The highest BCUT2D eigenvalue weighted by atomic mass is 16.6. The van der Waals surface area contributed by atoms with Gasteiger partial charge in [0.1, 0.15) is 5.60 Å². The van der Waals surface area contributed by atoms with Crippen LogP contribution in [0.15, 0.2) is 0 Å². The van der Waals surface area contributed by atoms with Crippen molar-refractivity contribution in [2.24, 2.45) is 11.8 Å². The predicted octanol–water partition coefficient (Wildman–Crippen LogP) is 3.33. The molecule has 5 nitrogen and oxygen atoms in total. The summed E-state index contributed by atoms with van der Waals surface area (Å²) in [5, 5.41) is 3.19. The van der Waals surface area contributed by atoms with E-state index in [1.165, 1.54) is 0 Å². The Morgan fingerprint density at radius 2 is 1.96 bits per heavy atom. The molecule has 0 saturated carbocycles. The molecule has 0 spiro atoms. The van der Waals surface area contributed by atoms with E-state index in [0.717, 1.165) is 51.6 Å². The number of unbranched alkanes of at least 4 members (excludes halogenated alkanes) is 1. The number of amides is 2. The number of rotatable bonds is 4. The van der Waals surface area contributed by atoms with E-state index in [1.54, 1.807) is 4.90 Å². The number of piperidine rings is 1. The average molecular weight is 324 g/mol. The van der Waals surface area contributed by atoms with Crippen LogP contribution < -0.4 is 5.32 Å². The van der Waals surface area contributed by atoms with Gasteiger partial charge in [-0.3, -0.25) is 4.79 Å². The summed E-state index contributed by atoms with van der Waals surface area (Å²) in [5.74, 6) is 0.922. The number of carbonyl (C=O) groups excluding carboxylic acids is 2. The number of hydrogen-bond acceptors (Lipinski definition) is 3. The maximum absolute atomic E-state index is 12.1. The van der Waals surface area contributed by atoms with Crippen molar-refractivity contribution >= 4 is 12.0 Å². The van der Waals surface area contributed by atoms with Gasteiger partial charge in [-0.15, -0.1) is 0 Å². The lowest BCUT2D eigenvalue weighted by Gasteiger charge is -2.35. The minimum absolute atomic E-state index is 0.198. The first-order valence-electron chi connectivity index (χ1n) is 9.08. The minimum Gasteiger partial charge on any atom is -0.444 e. The zero-order valence-electron chi connectivity index (χ0n) is 15.1. The Labute approximate surface area is 140 Å². The molecule has 2 aliphatic heterocycles. The molecule has 2 atom stereocenters. The van der Waals surface area contributed by atoms with E-state index in [1.807, 2.05) is 20.8 Å². The largest absolute Gasteiger partial charge is 0.444 e. The number of nitrogens with one attached hydrogen (secondary N) is 1. The summed E-state index contributed by atoms with van der Waals surface area (Å²) in [6, 6.07) is 0.296. The maximum Gasteiger partial charge on any atom is 0.410 e.